The van der Waals surface area contributed by atoms with Gasteiger partial charge >= 0.3 is 0 Å². The monoisotopic (exact) mass is 469 g/mol. The highest BCUT2D eigenvalue weighted by Gasteiger charge is 2.27. The van der Waals surface area contributed by atoms with E-state index in [1.807, 2.05) is 56.3 Å². The van der Waals surface area contributed by atoms with Gasteiger partial charge in [0.2, 0.25) is 0 Å². The maximum absolute atomic E-state index is 13.5. The summed E-state index contributed by atoms with van der Waals surface area (Å²) >= 11 is 6.55. The summed E-state index contributed by atoms with van der Waals surface area (Å²) in [6.07, 6.45) is 0.741. The topological polar surface area (TPSA) is 52.7 Å². The molecule has 4 rings (SSSR count). The van der Waals surface area contributed by atoms with Crippen LogP contribution in [0.3, 0.4) is 0 Å². The van der Waals surface area contributed by atoms with Gasteiger partial charge in [0.05, 0.1) is 10.6 Å². The van der Waals surface area contributed by atoms with Crippen LogP contribution < -0.4 is 14.0 Å². The first-order chi connectivity index (χ1) is 15.4. The van der Waals surface area contributed by atoms with Gasteiger partial charge in [-0.25, -0.2) is 0 Å². The van der Waals surface area contributed by atoms with E-state index in [0.29, 0.717) is 5.69 Å². The largest absolute Gasteiger partial charge is 0.369 e. The molecule has 1 N–H and O–H groups in total. The smallest absolute Gasteiger partial charge is 0.278 e. The van der Waals surface area contributed by atoms with Gasteiger partial charge < -0.3 is 10.2 Å². The Morgan fingerprint density at radius 1 is 0.969 bits per heavy atom. The molecule has 0 radical (unpaired) electrons. The van der Waals surface area contributed by atoms with Crippen molar-refractivity contribution in [1.29, 1.82) is 0 Å². The lowest BCUT2D eigenvalue weighted by Gasteiger charge is -2.31. The number of sulfonamides is 1. The van der Waals surface area contributed by atoms with E-state index >= 15 is 0 Å². The van der Waals surface area contributed by atoms with Gasteiger partial charge in [-0.1, -0.05) is 49.4 Å². The van der Waals surface area contributed by atoms with Crippen LogP contribution in [0.15, 0.2) is 71.6 Å². The summed E-state index contributed by atoms with van der Waals surface area (Å²) in [5.41, 5.74) is 5.31. The highest BCUT2D eigenvalue weighted by Crippen LogP contribution is 2.37. The number of aryl methyl sites for hydroxylation is 2. The molecule has 0 aromatic heterocycles. The van der Waals surface area contributed by atoms with Crippen LogP contribution in [0.2, 0.25) is 0 Å². The highest BCUT2D eigenvalue weighted by molar-refractivity contribution is 7.94. The zero-order valence-electron chi connectivity index (χ0n) is 18.4. The fourth-order valence-electron chi connectivity index (χ4n) is 4.17. The fraction of sp³-hybridized carbons (Fsp3) is 0.280. The van der Waals surface area contributed by atoms with Crippen LogP contribution in [-0.2, 0) is 16.4 Å². The first-order valence-electron chi connectivity index (χ1n) is 10.9. The second-order valence-electron chi connectivity index (χ2n) is 7.93. The first kappa shape index (κ1) is 22.6. The predicted molar refractivity (Wildman–Crippen MR) is 133 cm³/mol. The van der Waals surface area contributed by atoms with Crippen LogP contribution in [-0.4, -0.2) is 34.6 Å². The van der Waals surface area contributed by atoms with Gasteiger partial charge in [0.1, 0.15) is 0 Å². The van der Waals surface area contributed by atoms with Crippen LogP contribution in [0.1, 0.15) is 18.1 Å². The van der Waals surface area contributed by atoms with Crippen molar-refractivity contribution in [2.24, 2.45) is 0 Å². The van der Waals surface area contributed by atoms with Gasteiger partial charge in [-0.15, -0.1) is 0 Å². The number of halogens is 1. The molecule has 168 valence electrons. The molecule has 5 nitrogen and oxygen atoms in total. The Balaban J connectivity index is 1.73. The summed E-state index contributed by atoms with van der Waals surface area (Å²) in [7, 11) is -3.95. The molecular formula is C25H28ClN3O2S. The summed E-state index contributed by atoms with van der Waals surface area (Å²) in [5.74, 6) is 0. The van der Waals surface area contributed by atoms with Gasteiger partial charge in [0.25, 0.3) is 10.0 Å². The number of piperazine rings is 1. The maximum Gasteiger partial charge on any atom is 0.278 e. The lowest BCUT2D eigenvalue weighted by atomic mass is 9.99. The molecule has 3 aromatic rings. The first-order valence-corrected chi connectivity index (χ1v) is 12.7. The van der Waals surface area contributed by atoms with Crippen LogP contribution in [0.4, 0.5) is 11.4 Å². The van der Waals surface area contributed by atoms with Crippen molar-refractivity contribution in [3.63, 3.8) is 0 Å². The molecule has 7 heteroatoms. The highest BCUT2D eigenvalue weighted by atomic mass is 35.5. The van der Waals surface area contributed by atoms with E-state index < -0.39 is 10.0 Å². The van der Waals surface area contributed by atoms with E-state index in [9.17, 15) is 8.42 Å². The molecule has 1 heterocycles. The fourth-order valence-corrected chi connectivity index (χ4v) is 5.69. The molecule has 0 spiro atoms. The number of benzene rings is 3. The van der Waals surface area contributed by atoms with Crippen molar-refractivity contribution in [2.45, 2.75) is 25.2 Å². The summed E-state index contributed by atoms with van der Waals surface area (Å²) in [6.45, 7) is 7.71. The number of hydrogen-bond acceptors (Lipinski definition) is 4. The van der Waals surface area contributed by atoms with Gasteiger partial charge in [-0.05, 0) is 54.3 Å². The molecular weight excluding hydrogens is 442 g/mol. The Hall–Kier alpha value is -2.54. The van der Waals surface area contributed by atoms with Crippen molar-refractivity contribution in [3.8, 4) is 11.1 Å². The molecule has 0 atom stereocenters. The summed E-state index contributed by atoms with van der Waals surface area (Å²) in [5, 5.41) is 3.35. The van der Waals surface area contributed by atoms with E-state index in [0.717, 1.165) is 64.4 Å². The predicted octanol–water partition coefficient (Wildman–Crippen LogP) is 4.98. The average molecular weight is 470 g/mol. The quantitative estimate of drug-likeness (QED) is 0.517. The van der Waals surface area contributed by atoms with E-state index in [2.05, 4.69) is 10.2 Å². The van der Waals surface area contributed by atoms with Crippen molar-refractivity contribution in [3.05, 3.63) is 77.9 Å². The van der Waals surface area contributed by atoms with E-state index in [-0.39, 0.29) is 4.90 Å². The molecule has 0 amide bonds. The number of anilines is 2. The van der Waals surface area contributed by atoms with Gasteiger partial charge in [0, 0.05) is 49.2 Å². The Morgan fingerprint density at radius 2 is 1.62 bits per heavy atom. The summed E-state index contributed by atoms with van der Waals surface area (Å²) < 4.78 is 27.9. The van der Waals surface area contributed by atoms with Crippen LogP contribution in [0, 0.1) is 6.92 Å². The molecule has 0 bridgehead atoms. The van der Waals surface area contributed by atoms with Crippen LogP contribution in [0.25, 0.3) is 11.1 Å². The Morgan fingerprint density at radius 3 is 2.31 bits per heavy atom. The third-order valence-electron chi connectivity index (χ3n) is 5.93. The molecule has 0 aliphatic carbocycles. The average Bonchev–Trinajstić information content (AvgIpc) is 2.84. The minimum Gasteiger partial charge on any atom is -0.369 e. The van der Waals surface area contributed by atoms with Crippen molar-refractivity contribution < 1.29 is 8.42 Å². The van der Waals surface area contributed by atoms with Crippen molar-refractivity contribution >= 4 is 33.2 Å². The molecule has 0 saturated carbocycles. The van der Waals surface area contributed by atoms with Gasteiger partial charge in [0.15, 0.2) is 0 Å². The SMILES string of the molecule is CCc1cc(S(=O)(=O)N(Cl)c2ccccc2-c2ccccc2C)ccc1N1CCNCC1. The third kappa shape index (κ3) is 4.35. The molecule has 1 fully saturated rings. The van der Waals surface area contributed by atoms with E-state index in [1.54, 1.807) is 24.3 Å². The van der Waals surface area contributed by atoms with E-state index in [1.165, 1.54) is 0 Å². The lowest BCUT2D eigenvalue weighted by molar-refractivity contribution is 0.587. The second kappa shape index (κ2) is 9.53. The van der Waals surface area contributed by atoms with Crippen LogP contribution >= 0.6 is 11.8 Å². The number of para-hydroxylation sites is 1. The number of nitrogens with zero attached hydrogens (tertiary/aromatic N) is 2. The Labute approximate surface area is 195 Å². The zero-order valence-corrected chi connectivity index (χ0v) is 20.0. The zero-order chi connectivity index (χ0) is 22.7. The third-order valence-corrected chi connectivity index (χ3v) is 8.12. The van der Waals surface area contributed by atoms with Crippen LogP contribution in [0.5, 0.6) is 0 Å². The van der Waals surface area contributed by atoms with Gasteiger partial charge in [-0.2, -0.15) is 12.2 Å². The Bertz CT molecular complexity index is 1210. The minimum atomic E-state index is -3.95. The van der Waals surface area contributed by atoms with Crippen molar-refractivity contribution in [2.75, 3.05) is 34.9 Å². The summed E-state index contributed by atoms with van der Waals surface area (Å²) in [6, 6.07) is 20.5. The normalized spacial score (nSPS) is 14.4. The molecule has 32 heavy (non-hydrogen) atoms. The summed E-state index contributed by atoms with van der Waals surface area (Å²) in [4.78, 5) is 2.50. The maximum atomic E-state index is 13.5. The second-order valence-corrected chi connectivity index (χ2v) is 10.3. The Kier molecular flexibility index (Phi) is 6.74. The standard InChI is InChI=1S/C25H28ClN3O2S/c1-3-20-18-21(12-13-24(20)28-16-14-27-15-17-28)32(30,31)29(26)25-11-7-6-10-23(25)22-9-5-4-8-19(22)2/h4-13,18,27H,3,14-17H2,1-2H3. The molecule has 3 aromatic carbocycles. The number of nitrogens with one attached hydrogen (secondary N) is 1. The van der Waals surface area contributed by atoms with Gasteiger partial charge in [-0.3, -0.25) is 0 Å². The van der Waals surface area contributed by atoms with Crippen molar-refractivity contribution in [1.82, 2.24) is 5.32 Å². The number of hydrogen-bond donors (Lipinski definition) is 1. The molecule has 1 aliphatic heterocycles. The molecule has 1 aliphatic rings. The molecule has 0 unspecified atom stereocenters. The molecule has 1 saturated heterocycles. The van der Waals surface area contributed by atoms with E-state index in [4.69, 9.17) is 11.8 Å². The lowest BCUT2D eigenvalue weighted by Crippen LogP contribution is -2.43. The minimum absolute atomic E-state index is 0.197. The number of rotatable bonds is 6.